The highest BCUT2D eigenvalue weighted by Gasteiger charge is 2.27. The van der Waals surface area contributed by atoms with Crippen LogP contribution in [0.5, 0.6) is 0 Å². The monoisotopic (exact) mass is 336 g/mol. The van der Waals surface area contributed by atoms with Crippen LogP contribution in [0.1, 0.15) is 46.1 Å². The zero-order valence-electron chi connectivity index (χ0n) is 14.6. The number of aromatic nitrogens is 4. The van der Waals surface area contributed by atoms with Crippen LogP contribution in [-0.2, 0) is 0 Å². The van der Waals surface area contributed by atoms with Crippen molar-refractivity contribution in [3.63, 3.8) is 0 Å². The Morgan fingerprint density at radius 3 is 2.67 bits per heavy atom. The van der Waals surface area contributed by atoms with Crippen LogP contribution in [0, 0.1) is 5.92 Å². The van der Waals surface area contributed by atoms with Crippen LogP contribution in [0.4, 0.5) is 5.82 Å². The first-order valence-corrected chi connectivity index (χ1v) is 8.38. The summed E-state index contributed by atoms with van der Waals surface area (Å²) in [5.41, 5.74) is 7.41. The number of hydrogen-bond donors (Lipinski definition) is 4. The summed E-state index contributed by atoms with van der Waals surface area (Å²) in [6.07, 6.45) is 7.00. The van der Waals surface area contributed by atoms with Gasteiger partial charge in [-0.25, -0.2) is 15.0 Å². The number of fused-ring (bicyclic) bond motifs is 1. The van der Waals surface area contributed by atoms with Crippen molar-refractivity contribution in [3.05, 3.63) is 12.7 Å². The summed E-state index contributed by atoms with van der Waals surface area (Å²) < 4.78 is 2.17. The maximum atomic E-state index is 8.08. The Labute approximate surface area is 142 Å². The number of rotatable bonds is 4. The Balaban J connectivity index is 0.000000368. The molecule has 1 saturated carbocycles. The summed E-state index contributed by atoms with van der Waals surface area (Å²) in [5.74, 6) is -0.285. The molecule has 0 aromatic carbocycles. The second-order valence-electron chi connectivity index (χ2n) is 6.72. The second-order valence-corrected chi connectivity index (χ2v) is 6.72. The molecule has 2 atom stereocenters. The molecular weight excluding hydrogens is 308 g/mol. The molecule has 1 fully saturated rings. The lowest BCUT2D eigenvalue weighted by Crippen LogP contribution is -2.21. The van der Waals surface area contributed by atoms with Crippen molar-refractivity contribution in [2.24, 2.45) is 5.92 Å². The molecule has 8 heteroatoms. The van der Waals surface area contributed by atoms with E-state index in [1.54, 1.807) is 0 Å². The number of imidazole rings is 1. The van der Waals surface area contributed by atoms with E-state index in [0.717, 1.165) is 30.2 Å². The van der Waals surface area contributed by atoms with Gasteiger partial charge in [0.05, 0.1) is 6.33 Å². The van der Waals surface area contributed by atoms with Crippen molar-refractivity contribution in [1.29, 1.82) is 0 Å². The van der Waals surface area contributed by atoms with E-state index in [1.165, 1.54) is 39.4 Å². The van der Waals surface area contributed by atoms with Crippen LogP contribution in [0.3, 0.4) is 0 Å². The molecule has 1 aliphatic carbocycles. The highest BCUT2D eigenvalue weighted by atomic mass is 16.5. The van der Waals surface area contributed by atoms with Gasteiger partial charge in [0, 0.05) is 6.04 Å². The summed E-state index contributed by atoms with van der Waals surface area (Å²) in [6, 6.07) is 0.489. The van der Waals surface area contributed by atoms with Crippen LogP contribution >= 0.6 is 0 Å². The molecule has 5 N–H and O–H groups in total. The van der Waals surface area contributed by atoms with E-state index in [-0.39, 0.29) is 0 Å². The SMILES string of the molecule is CC(C)(O)O.CCNCC1CC[C@H](n2cnc3c(N)ncnc32)C1. The Bertz CT molecular complexity index is 646. The Morgan fingerprint density at radius 1 is 1.29 bits per heavy atom. The Morgan fingerprint density at radius 2 is 2.00 bits per heavy atom. The third-order valence-electron chi connectivity index (χ3n) is 3.98. The van der Waals surface area contributed by atoms with Crippen molar-refractivity contribution < 1.29 is 10.2 Å². The van der Waals surface area contributed by atoms with Gasteiger partial charge in [-0.15, -0.1) is 0 Å². The molecule has 0 saturated heterocycles. The van der Waals surface area contributed by atoms with E-state index in [2.05, 4.69) is 31.8 Å². The van der Waals surface area contributed by atoms with Crippen molar-refractivity contribution in [2.75, 3.05) is 18.8 Å². The van der Waals surface area contributed by atoms with Gasteiger partial charge in [0.15, 0.2) is 17.3 Å². The van der Waals surface area contributed by atoms with E-state index in [1.807, 2.05) is 6.33 Å². The highest BCUT2D eigenvalue weighted by Crippen LogP contribution is 2.35. The molecule has 8 nitrogen and oxygen atoms in total. The lowest BCUT2D eigenvalue weighted by Gasteiger charge is -2.13. The number of nitrogen functional groups attached to an aromatic ring is 1. The molecule has 0 radical (unpaired) electrons. The molecule has 1 unspecified atom stereocenters. The topological polar surface area (TPSA) is 122 Å². The van der Waals surface area contributed by atoms with Gasteiger partial charge in [-0.3, -0.25) is 0 Å². The number of hydrogen-bond acceptors (Lipinski definition) is 7. The number of nitrogens with two attached hydrogens (primary N) is 1. The van der Waals surface area contributed by atoms with Crippen LogP contribution in [-0.4, -0.2) is 48.6 Å². The average molecular weight is 336 g/mol. The van der Waals surface area contributed by atoms with E-state index < -0.39 is 5.79 Å². The molecule has 3 rings (SSSR count). The number of nitrogens with zero attached hydrogens (tertiary/aromatic N) is 4. The first kappa shape index (κ1) is 18.6. The predicted octanol–water partition coefficient (Wildman–Crippen LogP) is 1.07. The maximum absolute atomic E-state index is 8.08. The largest absolute Gasteiger partial charge is 0.382 e. The van der Waals surface area contributed by atoms with Crippen molar-refractivity contribution in [3.8, 4) is 0 Å². The number of nitrogens with one attached hydrogen (secondary N) is 1. The zero-order chi connectivity index (χ0) is 17.7. The summed E-state index contributed by atoms with van der Waals surface area (Å²) in [5, 5.41) is 19.6. The Kier molecular flexibility index (Phi) is 6.09. The van der Waals surface area contributed by atoms with Gasteiger partial charge in [-0.2, -0.15) is 0 Å². The first-order valence-electron chi connectivity index (χ1n) is 8.38. The van der Waals surface area contributed by atoms with Gasteiger partial charge in [0.1, 0.15) is 11.8 Å². The summed E-state index contributed by atoms with van der Waals surface area (Å²) in [4.78, 5) is 12.7. The van der Waals surface area contributed by atoms with E-state index in [9.17, 15) is 0 Å². The van der Waals surface area contributed by atoms with E-state index in [4.69, 9.17) is 15.9 Å². The molecule has 2 aromatic heterocycles. The van der Waals surface area contributed by atoms with Crippen LogP contribution in [0.25, 0.3) is 11.2 Å². The first-order chi connectivity index (χ1) is 11.3. The fourth-order valence-corrected chi connectivity index (χ4v) is 2.97. The number of aliphatic hydroxyl groups is 2. The Hall–Kier alpha value is -1.77. The quantitative estimate of drug-likeness (QED) is 0.616. The van der Waals surface area contributed by atoms with Crippen molar-refractivity contribution in [2.45, 2.75) is 51.9 Å². The molecule has 2 heterocycles. The smallest absolute Gasteiger partial charge is 0.165 e. The molecule has 0 aliphatic heterocycles. The van der Waals surface area contributed by atoms with E-state index in [0.29, 0.717) is 11.9 Å². The minimum absolute atomic E-state index is 0.464. The normalized spacial score (nSPS) is 20.9. The fraction of sp³-hybridized carbons (Fsp3) is 0.688. The van der Waals surface area contributed by atoms with Gasteiger partial charge < -0.3 is 25.8 Å². The molecule has 2 aromatic rings. The van der Waals surface area contributed by atoms with Crippen LogP contribution in [0.2, 0.25) is 0 Å². The molecular formula is C16H28N6O2. The third-order valence-corrected chi connectivity index (χ3v) is 3.98. The second kappa shape index (κ2) is 7.87. The van der Waals surface area contributed by atoms with Crippen molar-refractivity contribution in [1.82, 2.24) is 24.8 Å². The molecule has 0 bridgehead atoms. The summed E-state index contributed by atoms with van der Waals surface area (Å²) in [7, 11) is 0. The summed E-state index contributed by atoms with van der Waals surface area (Å²) in [6.45, 7) is 6.89. The van der Waals surface area contributed by atoms with Gasteiger partial charge in [-0.1, -0.05) is 6.92 Å². The molecule has 1 aliphatic rings. The standard InChI is InChI=1S/C13H20N6.C3H8O2/c1-2-15-6-9-3-4-10(5-9)19-8-18-11-12(14)16-7-17-13(11)19;1-3(2,4)5/h7-10,15H,2-6H2,1H3,(H2,14,16,17);4-5H,1-2H3/t9?,10-;/m0./s1. The average Bonchev–Trinajstić information content (AvgIpc) is 3.10. The summed E-state index contributed by atoms with van der Waals surface area (Å²) >= 11 is 0. The van der Waals surface area contributed by atoms with Crippen LogP contribution < -0.4 is 11.1 Å². The lowest BCUT2D eigenvalue weighted by atomic mass is 10.1. The van der Waals surface area contributed by atoms with Gasteiger partial charge >= 0.3 is 0 Å². The fourth-order valence-electron chi connectivity index (χ4n) is 2.97. The van der Waals surface area contributed by atoms with Gasteiger partial charge in [-0.05, 0) is 52.1 Å². The predicted molar refractivity (Wildman–Crippen MR) is 93.2 cm³/mol. The minimum Gasteiger partial charge on any atom is -0.382 e. The van der Waals surface area contributed by atoms with Crippen molar-refractivity contribution >= 4 is 17.0 Å². The lowest BCUT2D eigenvalue weighted by molar-refractivity contribution is -0.127. The molecule has 24 heavy (non-hydrogen) atoms. The maximum Gasteiger partial charge on any atom is 0.165 e. The minimum atomic E-state index is -1.50. The zero-order valence-corrected chi connectivity index (χ0v) is 14.6. The molecule has 0 amide bonds. The van der Waals surface area contributed by atoms with Crippen LogP contribution in [0.15, 0.2) is 12.7 Å². The van der Waals surface area contributed by atoms with E-state index >= 15 is 0 Å². The highest BCUT2D eigenvalue weighted by molar-refractivity contribution is 5.81. The third kappa shape index (κ3) is 5.12. The molecule has 134 valence electrons. The number of anilines is 1. The molecule has 0 spiro atoms. The van der Waals surface area contributed by atoms with Gasteiger partial charge in [0.2, 0.25) is 0 Å². The van der Waals surface area contributed by atoms with Gasteiger partial charge in [0.25, 0.3) is 0 Å².